The maximum Gasteiger partial charge on any atom is 0.0628 e. The number of benzene rings is 1. The molecule has 1 heterocycles. The first-order chi connectivity index (χ1) is 9.31. The van der Waals surface area contributed by atoms with Gasteiger partial charge in [-0.15, -0.1) is 0 Å². The third-order valence-corrected chi connectivity index (χ3v) is 2.83. The lowest BCUT2D eigenvalue weighted by atomic mass is 9.97. The van der Waals surface area contributed by atoms with Gasteiger partial charge in [0.05, 0.1) is 6.07 Å². The van der Waals surface area contributed by atoms with Crippen LogP contribution in [-0.2, 0) is 0 Å². The topological polar surface area (TPSA) is 36.7 Å². The van der Waals surface area contributed by atoms with E-state index >= 15 is 0 Å². The molecular weight excluding hydrogens is 232 g/mol. The molecule has 1 aromatic carbocycles. The van der Waals surface area contributed by atoms with Crippen LogP contribution >= 0.6 is 0 Å². The van der Waals surface area contributed by atoms with Crippen molar-refractivity contribution in [3.05, 3.63) is 54.4 Å². The molecule has 2 nitrogen and oxygen atoms in total. The summed E-state index contributed by atoms with van der Waals surface area (Å²) in [5.74, 6) is 0.233. The van der Waals surface area contributed by atoms with Crippen LogP contribution in [0.25, 0.3) is 11.1 Å². The lowest BCUT2D eigenvalue weighted by Gasteiger charge is -2.09. The minimum atomic E-state index is 0.233. The molecule has 0 bridgehead atoms. The Kier molecular flexibility index (Phi) is 6.32. The van der Waals surface area contributed by atoms with Gasteiger partial charge in [0.15, 0.2) is 0 Å². The Balaban J connectivity index is 0.000000861. The van der Waals surface area contributed by atoms with Gasteiger partial charge in [-0.25, -0.2) is 0 Å². The summed E-state index contributed by atoms with van der Waals surface area (Å²) in [5, 5.41) is 8.71. The van der Waals surface area contributed by atoms with Crippen LogP contribution in [0.5, 0.6) is 0 Å². The minimum absolute atomic E-state index is 0.233. The largest absolute Gasteiger partial charge is 0.264 e. The lowest BCUT2D eigenvalue weighted by Crippen LogP contribution is -1.93. The molecule has 0 saturated carbocycles. The highest BCUT2D eigenvalue weighted by Gasteiger charge is 2.06. The van der Waals surface area contributed by atoms with Crippen LogP contribution in [0.2, 0.25) is 0 Å². The number of hydrogen-bond donors (Lipinski definition) is 0. The summed E-state index contributed by atoms with van der Waals surface area (Å²) < 4.78 is 0. The van der Waals surface area contributed by atoms with Crippen LogP contribution in [-0.4, -0.2) is 4.98 Å². The Morgan fingerprint density at radius 3 is 2.42 bits per heavy atom. The van der Waals surface area contributed by atoms with E-state index < -0.39 is 0 Å². The van der Waals surface area contributed by atoms with Crippen molar-refractivity contribution in [1.29, 1.82) is 5.26 Å². The average molecular weight is 252 g/mol. The van der Waals surface area contributed by atoms with Crippen LogP contribution in [0.15, 0.2) is 48.8 Å². The summed E-state index contributed by atoms with van der Waals surface area (Å²) in [7, 11) is 0. The van der Waals surface area contributed by atoms with E-state index in [0.717, 1.165) is 16.7 Å². The van der Waals surface area contributed by atoms with E-state index in [1.807, 2.05) is 44.4 Å². The zero-order chi connectivity index (χ0) is 14.1. The molecule has 19 heavy (non-hydrogen) atoms. The van der Waals surface area contributed by atoms with E-state index in [4.69, 9.17) is 5.26 Å². The van der Waals surface area contributed by atoms with Crippen molar-refractivity contribution in [2.24, 2.45) is 0 Å². The summed E-state index contributed by atoms with van der Waals surface area (Å²) in [5.41, 5.74) is 3.38. The molecule has 0 aliphatic carbocycles. The molecule has 0 radical (unpaired) electrons. The average Bonchev–Trinajstić information content (AvgIpc) is 2.50. The van der Waals surface area contributed by atoms with E-state index in [1.54, 1.807) is 0 Å². The smallest absolute Gasteiger partial charge is 0.0628 e. The van der Waals surface area contributed by atoms with E-state index in [0.29, 0.717) is 6.42 Å². The molecule has 98 valence electrons. The normalized spacial score (nSPS) is 10.8. The monoisotopic (exact) mass is 252 g/mol. The van der Waals surface area contributed by atoms with Crippen LogP contribution in [0.4, 0.5) is 0 Å². The highest BCUT2D eigenvalue weighted by atomic mass is 14.6. The molecule has 1 aromatic heterocycles. The maximum atomic E-state index is 8.71. The number of rotatable bonds is 3. The van der Waals surface area contributed by atoms with E-state index in [1.165, 1.54) is 0 Å². The third-order valence-electron chi connectivity index (χ3n) is 2.83. The van der Waals surface area contributed by atoms with Gasteiger partial charge in [-0.2, -0.15) is 5.26 Å². The van der Waals surface area contributed by atoms with E-state index in [9.17, 15) is 0 Å². The predicted octanol–water partition coefficient (Wildman–Crippen LogP) is 4.79. The van der Waals surface area contributed by atoms with Crippen LogP contribution in [0.3, 0.4) is 0 Å². The first-order valence-corrected chi connectivity index (χ1v) is 6.68. The standard InChI is InChI=1S/C15H14N2.C2H6/c1-12(7-8-16)14-9-15(11-17-10-14)13-5-3-2-4-6-13;1-2/h2-6,9-12H,7H2,1H3;1-2H3. The number of pyridine rings is 1. The van der Waals surface area contributed by atoms with Crippen LogP contribution in [0.1, 0.15) is 38.7 Å². The Bertz CT molecular complexity index is 526. The van der Waals surface area contributed by atoms with Crippen molar-refractivity contribution < 1.29 is 0 Å². The summed E-state index contributed by atoms with van der Waals surface area (Å²) in [6, 6.07) is 14.5. The number of nitriles is 1. The highest BCUT2D eigenvalue weighted by Crippen LogP contribution is 2.24. The highest BCUT2D eigenvalue weighted by molar-refractivity contribution is 5.62. The molecule has 0 spiro atoms. The van der Waals surface area contributed by atoms with Gasteiger partial charge in [0.25, 0.3) is 0 Å². The second kappa shape index (κ2) is 8.05. The molecule has 0 aliphatic heterocycles. The second-order valence-corrected chi connectivity index (χ2v) is 4.14. The predicted molar refractivity (Wildman–Crippen MR) is 79.7 cm³/mol. The second-order valence-electron chi connectivity index (χ2n) is 4.14. The number of nitrogens with zero attached hydrogens (tertiary/aromatic N) is 2. The Morgan fingerprint density at radius 1 is 1.11 bits per heavy atom. The van der Waals surface area contributed by atoms with Crippen molar-refractivity contribution in [2.75, 3.05) is 0 Å². The molecule has 0 aliphatic rings. The summed E-state index contributed by atoms with van der Waals surface area (Å²) in [6.45, 7) is 6.05. The summed E-state index contributed by atoms with van der Waals surface area (Å²) in [6.07, 6.45) is 4.23. The fourth-order valence-corrected chi connectivity index (χ4v) is 1.77. The van der Waals surface area contributed by atoms with Gasteiger partial charge in [0.2, 0.25) is 0 Å². The van der Waals surface area contributed by atoms with Crippen molar-refractivity contribution in [3.63, 3.8) is 0 Å². The quantitative estimate of drug-likeness (QED) is 0.787. The molecular formula is C17H20N2. The molecule has 0 N–H and O–H groups in total. The van der Waals surface area contributed by atoms with Crippen molar-refractivity contribution in [2.45, 2.75) is 33.1 Å². The third kappa shape index (κ3) is 4.22. The molecule has 1 unspecified atom stereocenters. The van der Waals surface area contributed by atoms with Gasteiger partial charge in [-0.3, -0.25) is 4.98 Å². The fourth-order valence-electron chi connectivity index (χ4n) is 1.77. The lowest BCUT2D eigenvalue weighted by molar-refractivity contribution is 0.784. The molecule has 2 aromatic rings. The van der Waals surface area contributed by atoms with Gasteiger partial charge in [-0.05, 0) is 23.1 Å². The van der Waals surface area contributed by atoms with E-state index in [2.05, 4.69) is 36.2 Å². The fraction of sp³-hybridized carbons (Fsp3) is 0.294. The molecule has 1 atom stereocenters. The minimum Gasteiger partial charge on any atom is -0.264 e. The maximum absolute atomic E-state index is 8.71. The first-order valence-electron chi connectivity index (χ1n) is 6.68. The van der Waals surface area contributed by atoms with Crippen molar-refractivity contribution >= 4 is 0 Å². The Labute approximate surface area is 115 Å². The molecule has 2 rings (SSSR count). The molecule has 0 fully saturated rings. The summed E-state index contributed by atoms with van der Waals surface area (Å²) in [4.78, 5) is 4.25. The van der Waals surface area contributed by atoms with Crippen molar-refractivity contribution in [3.8, 4) is 17.2 Å². The zero-order valence-corrected chi connectivity index (χ0v) is 11.8. The zero-order valence-electron chi connectivity index (χ0n) is 11.8. The molecule has 2 heteroatoms. The van der Waals surface area contributed by atoms with Crippen molar-refractivity contribution in [1.82, 2.24) is 4.98 Å². The van der Waals surface area contributed by atoms with Gasteiger partial charge in [0, 0.05) is 24.4 Å². The van der Waals surface area contributed by atoms with Gasteiger partial charge >= 0.3 is 0 Å². The molecule has 0 amide bonds. The van der Waals surface area contributed by atoms with Gasteiger partial charge in [0.1, 0.15) is 0 Å². The number of aromatic nitrogens is 1. The first kappa shape index (κ1) is 14.9. The van der Waals surface area contributed by atoms with E-state index in [-0.39, 0.29) is 5.92 Å². The Morgan fingerprint density at radius 2 is 1.79 bits per heavy atom. The summed E-state index contributed by atoms with van der Waals surface area (Å²) >= 11 is 0. The van der Waals surface area contributed by atoms with Crippen LogP contribution < -0.4 is 0 Å². The Hall–Kier alpha value is -2.14. The molecule has 0 saturated heterocycles. The van der Waals surface area contributed by atoms with Gasteiger partial charge in [-0.1, -0.05) is 51.1 Å². The number of hydrogen-bond acceptors (Lipinski definition) is 2. The van der Waals surface area contributed by atoms with Crippen LogP contribution in [0, 0.1) is 11.3 Å². The van der Waals surface area contributed by atoms with Gasteiger partial charge < -0.3 is 0 Å². The SMILES string of the molecule is CC.CC(CC#N)c1cncc(-c2ccccc2)c1.